The van der Waals surface area contributed by atoms with Crippen LogP contribution >= 0.6 is 23.4 Å². The van der Waals surface area contributed by atoms with Crippen LogP contribution in [0.25, 0.3) is 0 Å². The number of alkyl halides is 1. The molecular formula is C17H19ClS. The highest BCUT2D eigenvalue weighted by Crippen LogP contribution is 2.20. The molecule has 0 fully saturated rings. The minimum Gasteiger partial charge on any atom is -0.126 e. The number of hydrogen-bond donors (Lipinski definition) is 0. The van der Waals surface area contributed by atoms with Crippen LogP contribution in [0.2, 0.25) is 0 Å². The van der Waals surface area contributed by atoms with E-state index in [1.54, 1.807) is 0 Å². The fraction of sp³-hybridized carbons (Fsp3) is 0.294. The van der Waals surface area contributed by atoms with E-state index in [-0.39, 0.29) is 0 Å². The summed E-state index contributed by atoms with van der Waals surface area (Å²) in [5.41, 5.74) is 2.63. The third-order valence-electron chi connectivity index (χ3n) is 3.05. The van der Waals surface area contributed by atoms with Crippen molar-refractivity contribution in [1.82, 2.24) is 0 Å². The molecule has 2 heteroatoms. The van der Waals surface area contributed by atoms with Crippen LogP contribution in [0.15, 0.2) is 59.5 Å². The number of rotatable bonds is 7. The quantitative estimate of drug-likeness (QED) is 0.366. The van der Waals surface area contributed by atoms with Gasteiger partial charge in [0.2, 0.25) is 0 Å². The van der Waals surface area contributed by atoms with Gasteiger partial charge in [0.15, 0.2) is 0 Å². The van der Waals surface area contributed by atoms with Crippen molar-refractivity contribution in [2.75, 3.05) is 5.75 Å². The summed E-state index contributed by atoms with van der Waals surface area (Å²) in [7, 11) is 0. The lowest BCUT2D eigenvalue weighted by Gasteiger charge is -2.03. The number of hydrogen-bond acceptors (Lipinski definition) is 1. The van der Waals surface area contributed by atoms with Crippen LogP contribution < -0.4 is 0 Å². The van der Waals surface area contributed by atoms with Crippen molar-refractivity contribution in [3.63, 3.8) is 0 Å². The van der Waals surface area contributed by atoms with Gasteiger partial charge in [0, 0.05) is 10.8 Å². The maximum atomic E-state index is 5.78. The molecule has 0 aliphatic heterocycles. The van der Waals surface area contributed by atoms with Crippen molar-refractivity contribution in [2.24, 2.45) is 0 Å². The number of unbranched alkanes of at least 4 members (excludes halogenated alkanes) is 1. The summed E-state index contributed by atoms with van der Waals surface area (Å²) in [5.74, 6) is 1.79. The van der Waals surface area contributed by atoms with E-state index in [4.69, 9.17) is 11.6 Å². The summed E-state index contributed by atoms with van der Waals surface area (Å²) in [4.78, 5) is 1.34. The van der Waals surface area contributed by atoms with Crippen molar-refractivity contribution in [3.05, 3.63) is 65.7 Å². The predicted molar refractivity (Wildman–Crippen MR) is 86.1 cm³/mol. The normalized spacial score (nSPS) is 10.6. The molecule has 0 N–H and O–H groups in total. The van der Waals surface area contributed by atoms with E-state index < -0.39 is 0 Å². The van der Waals surface area contributed by atoms with Gasteiger partial charge >= 0.3 is 0 Å². The molecule has 0 aliphatic carbocycles. The smallest absolute Gasteiger partial charge is 0.0474 e. The molecule has 0 spiro atoms. The van der Waals surface area contributed by atoms with Crippen LogP contribution in [-0.2, 0) is 12.3 Å². The van der Waals surface area contributed by atoms with Crippen LogP contribution in [0.4, 0.5) is 0 Å². The molecule has 2 rings (SSSR count). The van der Waals surface area contributed by atoms with Gasteiger partial charge in [0.25, 0.3) is 0 Å². The fourth-order valence-electron chi connectivity index (χ4n) is 1.94. The molecule has 0 saturated heterocycles. The van der Waals surface area contributed by atoms with E-state index in [9.17, 15) is 0 Å². The highest BCUT2D eigenvalue weighted by molar-refractivity contribution is 7.99. The molecule has 19 heavy (non-hydrogen) atoms. The molecule has 0 aromatic heterocycles. The lowest BCUT2D eigenvalue weighted by atomic mass is 10.1. The summed E-state index contributed by atoms with van der Waals surface area (Å²) in [6, 6.07) is 19.3. The fourth-order valence-corrected chi connectivity index (χ4v) is 3.03. The summed E-state index contributed by atoms with van der Waals surface area (Å²) < 4.78 is 0. The van der Waals surface area contributed by atoms with Gasteiger partial charge in [0.05, 0.1) is 0 Å². The molecule has 0 atom stereocenters. The molecule has 0 aliphatic rings. The minimum absolute atomic E-state index is 0.599. The minimum atomic E-state index is 0.599. The molecule has 0 amide bonds. The van der Waals surface area contributed by atoms with Crippen LogP contribution in [0.5, 0.6) is 0 Å². The lowest BCUT2D eigenvalue weighted by Crippen LogP contribution is -1.87. The molecule has 0 saturated carbocycles. The van der Waals surface area contributed by atoms with Crippen molar-refractivity contribution in [1.29, 1.82) is 0 Å². The van der Waals surface area contributed by atoms with E-state index in [0.717, 1.165) is 0 Å². The Morgan fingerprint density at radius 2 is 1.53 bits per heavy atom. The molecule has 0 bridgehead atoms. The average molecular weight is 291 g/mol. The van der Waals surface area contributed by atoms with Gasteiger partial charge in [-0.15, -0.1) is 23.4 Å². The monoisotopic (exact) mass is 290 g/mol. The Bertz CT molecular complexity index is 464. The Balaban J connectivity index is 1.63. The Labute approximate surface area is 125 Å². The summed E-state index contributed by atoms with van der Waals surface area (Å²) in [6.07, 6.45) is 3.71. The predicted octanol–water partition coefficient (Wildman–Crippen LogP) is 5.54. The van der Waals surface area contributed by atoms with Gasteiger partial charge in [-0.2, -0.15) is 0 Å². The zero-order valence-electron chi connectivity index (χ0n) is 11.0. The van der Waals surface area contributed by atoms with E-state index >= 15 is 0 Å². The Hall–Kier alpha value is -0.920. The summed E-state index contributed by atoms with van der Waals surface area (Å²) in [6.45, 7) is 0. The van der Waals surface area contributed by atoms with Crippen molar-refractivity contribution in [2.45, 2.75) is 30.0 Å². The van der Waals surface area contributed by atoms with Crippen molar-refractivity contribution in [3.8, 4) is 0 Å². The number of aryl methyl sites for hydroxylation is 1. The van der Waals surface area contributed by atoms with Gasteiger partial charge in [-0.05, 0) is 48.3 Å². The third-order valence-corrected chi connectivity index (χ3v) is 4.46. The van der Waals surface area contributed by atoms with Crippen LogP contribution in [0.3, 0.4) is 0 Å². The van der Waals surface area contributed by atoms with E-state index in [1.165, 1.54) is 41.0 Å². The van der Waals surface area contributed by atoms with Gasteiger partial charge in [-0.1, -0.05) is 42.5 Å². The highest BCUT2D eigenvalue weighted by atomic mass is 35.5. The van der Waals surface area contributed by atoms with Gasteiger partial charge in [-0.3, -0.25) is 0 Å². The highest BCUT2D eigenvalue weighted by Gasteiger charge is 1.96. The summed E-state index contributed by atoms with van der Waals surface area (Å²) >= 11 is 7.71. The lowest BCUT2D eigenvalue weighted by molar-refractivity contribution is 0.802. The second kappa shape index (κ2) is 8.29. The zero-order chi connectivity index (χ0) is 13.3. The van der Waals surface area contributed by atoms with E-state index in [2.05, 4.69) is 54.6 Å². The molecule has 0 unspecified atom stereocenters. The zero-order valence-corrected chi connectivity index (χ0v) is 12.6. The first-order valence-electron chi connectivity index (χ1n) is 6.70. The molecule has 2 aromatic rings. The Morgan fingerprint density at radius 3 is 2.21 bits per heavy atom. The largest absolute Gasteiger partial charge is 0.126 e. The third kappa shape index (κ3) is 5.30. The van der Waals surface area contributed by atoms with E-state index in [1.807, 2.05) is 11.8 Å². The van der Waals surface area contributed by atoms with Crippen LogP contribution in [0.1, 0.15) is 24.0 Å². The van der Waals surface area contributed by atoms with Crippen LogP contribution in [-0.4, -0.2) is 5.75 Å². The Morgan fingerprint density at radius 1 is 0.789 bits per heavy atom. The average Bonchev–Trinajstić information content (AvgIpc) is 2.49. The molecular weight excluding hydrogens is 272 g/mol. The van der Waals surface area contributed by atoms with Gasteiger partial charge in [0.1, 0.15) is 0 Å². The SMILES string of the molecule is ClCc1ccc(SCCCCc2ccccc2)cc1. The second-order valence-electron chi connectivity index (χ2n) is 4.57. The molecule has 0 nitrogen and oxygen atoms in total. The first-order valence-corrected chi connectivity index (χ1v) is 8.22. The van der Waals surface area contributed by atoms with Crippen molar-refractivity contribution < 1.29 is 0 Å². The maximum absolute atomic E-state index is 5.78. The first-order chi connectivity index (χ1) is 9.38. The standard InChI is InChI=1S/C17H19ClS/c18-14-16-9-11-17(12-10-16)19-13-5-4-8-15-6-2-1-3-7-15/h1-3,6-7,9-12H,4-5,8,13-14H2. The molecule has 2 aromatic carbocycles. The topological polar surface area (TPSA) is 0 Å². The number of thioether (sulfide) groups is 1. The second-order valence-corrected chi connectivity index (χ2v) is 6.00. The molecule has 0 radical (unpaired) electrons. The van der Waals surface area contributed by atoms with E-state index in [0.29, 0.717) is 5.88 Å². The molecule has 100 valence electrons. The number of benzene rings is 2. The Kier molecular flexibility index (Phi) is 6.32. The van der Waals surface area contributed by atoms with Crippen molar-refractivity contribution >= 4 is 23.4 Å². The summed E-state index contributed by atoms with van der Waals surface area (Å²) in [5, 5.41) is 0. The first kappa shape index (κ1) is 14.5. The maximum Gasteiger partial charge on any atom is 0.0474 e. The van der Waals surface area contributed by atoms with Gasteiger partial charge < -0.3 is 0 Å². The molecule has 0 heterocycles. The number of halogens is 1. The van der Waals surface area contributed by atoms with Gasteiger partial charge in [-0.25, -0.2) is 0 Å². The van der Waals surface area contributed by atoms with Crippen LogP contribution in [0, 0.1) is 0 Å².